The van der Waals surface area contributed by atoms with Crippen molar-refractivity contribution in [3.8, 4) is 17.2 Å². The Kier molecular flexibility index (Phi) is 8.81. The van der Waals surface area contributed by atoms with E-state index in [1.165, 1.54) is 5.56 Å². The number of likely N-dealkylation sites (tertiary alicyclic amines) is 1. The standard InChI is InChI=1S/C31H36FN5O3/c1-3-36-15-10-23(11-16-36)22-5-7-24(8-6-22)31(38)35-30-20-26(9-14-34-30)40-29-19-25-12-17-37(33-2)27(25)21-28(29)39-18-4-13-32/h5-9,12,14,17,19-21,23,33H,3-4,10-11,13,15-16,18H2,1-2H3,(H,34,35,38). The van der Waals surface area contributed by atoms with E-state index in [4.69, 9.17) is 9.47 Å². The van der Waals surface area contributed by atoms with Crippen molar-refractivity contribution >= 4 is 22.6 Å². The van der Waals surface area contributed by atoms with Crippen LogP contribution in [0.15, 0.2) is 67.0 Å². The molecule has 0 aliphatic carbocycles. The fourth-order valence-corrected chi connectivity index (χ4v) is 5.11. The Balaban J connectivity index is 1.27. The number of rotatable bonds is 11. The first-order valence-corrected chi connectivity index (χ1v) is 13.9. The molecule has 40 heavy (non-hydrogen) atoms. The van der Waals surface area contributed by atoms with Crippen molar-refractivity contribution < 1.29 is 18.7 Å². The molecule has 0 bridgehead atoms. The van der Waals surface area contributed by atoms with Crippen LogP contribution in [0.25, 0.3) is 10.9 Å². The predicted octanol–water partition coefficient (Wildman–Crippen LogP) is 6.19. The molecule has 0 saturated carbocycles. The van der Waals surface area contributed by atoms with E-state index in [1.54, 1.807) is 18.3 Å². The fraction of sp³-hybridized carbons (Fsp3) is 0.355. The van der Waals surface area contributed by atoms with Gasteiger partial charge in [0.2, 0.25) is 0 Å². The molecule has 5 rings (SSSR count). The average molecular weight is 546 g/mol. The third-order valence-electron chi connectivity index (χ3n) is 7.41. The number of amides is 1. The number of carbonyl (C=O) groups excluding carboxylic acids is 1. The number of anilines is 1. The van der Waals surface area contributed by atoms with Crippen molar-refractivity contribution in [3.63, 3.8) is 0 Å². The van der Waals surface area contributed by atoms with Crippen LogP contribution in [0.4, 0.5) is 10.2 Å². The van der Waals surface area contributed by atoms with Gasteiger partial charge in [-0.2, -0.15) is 0 Å². The van der Waals surface area contributed by atoms with E-state index in [2.05, 4.69) is 39.7 Å². The number of aromatic nitrogens is 2. The molecule has 1 aliphatic rings. The summed E-state index contributed by atoms with van der Waals surface area (Å²) in [5.41, 5.74) is 5.85. The normalized spacial score (nSPS) is 14.3. The number of halogens is 1. The Morgan fingerprint density at radius 1 is 1.07 bits per heavy atom. The molecule has 2 aromatic carbocycles. The summed E-state index contributed by atoms with van der Waals surface area (Å²) in [6.45, 7) is 5.31. The molecule has 9 heteroatoms. The van der Waals surface area contributed by atoms with Gasteiger partial charge in [-0.15, -0.1) is 0 Å². The van der Waals surface area contributed by atoms with Gasteiger partial charge in [0.15, 0.2) is 11.5 Å². The Bertz CT molecular complexity index is 1430. The lowest BCUT2D eigenvalue weighted by molar-refractivity contribution is 0.102. The van der Waals surface area contributed by atoms with Crippen molar-refractivity contribution in [2.75, 3.05) is 50.7 Å². The van der Waals surface area contributed by atoms with Gasteiger partial charge in [0, 0.05) is 48.9 Å². The summed E-state index contributed by atoms with van der Waals surface area (Å²) in [7, 11) is 1.82. The maximum atomic E-state index is 13.0. The zero-order valence-corrected chi connectivity index (χ0v) is 23.0. The minimum Gasteiger partial charge on any atom is -0.489 e. The van der Waals surface area contributed by atoms with Crippen molar-refractivity contribution in [1.29, 1.82) is 0 Å². The number of nitrogens with zero attached hydrogens (tertiary/aromatic N) is 3. The minimum atomic E-state index is -0.459. The number of benzene rings is 2. The van der Waals surface area contributed by atoms with Gasteiger partial charge in [-0.1, -0.05) is 19.1 Å². The summed E-state index contributed by atoms with van der Waals surface area (Å²) < 4.78 is 26.6. The summed E-state index contributed by atoms with van der Waals surface area (Å²) in [4.78, 5) is 19.7. The van der Waals surface area contributed by atoms with Crippen LogP contribution in [-0.4, -0.2) is 60.4 Å². The molecule has 1 amide bonds. The van der Waals surface area contributed by atoms with Gasteiger partial charge in [-0.3, -0.25) is 13.9 Å². The van der Waals surface area contributed by atoms with E-state index in [1.807, 2.05) is 48.3 Å². The molecular weight excluding hydrogens is 509 g/mol. The van der Waals surface area contributed by atoms with Gasteiger partial charge < -0.3 is 25.1 Å². The van der Waals surface area contributed by atoms with Crippen LogP contribution in [0.1, 0.15) is 48.0 Å². The van der Waals surface area contributed by atoms with Crippen molar-refractivity contribution in [2.45, 2.75) is 32.1 Å². The SMILES string of the molecule is CCN1CCC(c2ccc(C(=O)Nc3cc(Oc4cc5ccn(NC)c5cc4OCCCF)ccn3)cc2)CC1. The van der Waals surface area contributed by atoms with E-state index in [-0.39, 0.29) is 18.9 Å². The monoisotopic (exact) mass is 545 g/mol. The maximum Gasteiger partial charge on any atom is 0.256 e. The lowest BCUT2D eigenvalue weighted by Gasteiger charge is -2.31. The second kappa shape index (κ2) is 12.8. The van der Waals surface area contributed by atoms with E-state index in [9.17, 15) is 9.18 Å². The Morgan fingerprint density at radius 2 is 1.88 bits per heavy atom. The molecule has 0 radical (unpaired) electrons. The summed E-state index contributed by atoms with van der Waals surface area (Å²) >= 11 is 0. The third-order valence-corrected chi connectivity index (χ3v) is 7.41. The minimum absolute atomic E-state index is 0.229. The molecule has 2 aromatic heterocycles. The van der Waals surface area contributed by atoms with Crippen LogP contribution in [0.3, 0.4) is 0 Å². The number of ether oxygens (including phenoxy) is 2. The average Bonchev–Trinajstić information content (AvgIpc) is 3.39. The first kappa shape index (κ1) is 27.5. The quantitative estimate of drug-likeness (QED) is 0.219. The molecule has 4 aromatic rings. The number of fused-ring (bicyclic) bond motifs is 1. The molecule has 0 atom stereocenters. The van der Waals surface area contributed by atoms with E-state index >= 15 is 0 Å². The highest BCUT2D eigenvalue weighted by Crippen LogP contribution is 2.36. The zero-order chi connectivity index (χ0) is 27.9. The highest BCUT2D eigenvalue weighted by atomic mass is 19.1. The Morgan fingerprint density at radius 3 is 2.60 bits per heavy atom. The molecule has 210 valence electrons. The number of alkyl halides is 1. The molecule has 1 aliphatic heterocycles. The van der Waals surface area contributed by atoms with Crippen LogP contribution >= 0.6 is 0 Å². The first-order chi connectivity index (χ1) is 19.6. The Hall–Kier alpha value is -4.11. The predicted molar refractivity (Wildman–Crippen MR) is 156 cm³/mol. The molecule has 1 saturated heterocycles. The maximum absolute atomic E-state index is 13.0. The van der Waals surface area contributed by atoms with Crippen LogP contribution in [0.5, 0.6) is 17.2 Å². The number of piperidine rings is 1. The molecule has 8 nitrogen and oxygen atoms in total. The van der Waals surface area contributed by atoms with Gasteiger partial charge >= 0.3 is 0 Å². The number of hydrogen-bond donors (Lipinski definition) is 2. The van der Waals surface area contributed by atoms with E-state index in [0.717, 1.165) is 43.4 Å². The van der Waals surface area contributed by atoms with Gasteiger partial charge in [-0.25, -0.2) is 4.98 Å². The topological polar surface area (TPSA) is 80.7 Å². The van der Waals surface area contributed by atoms with Crippen molar-refractivity contribution in [2.24, 2.45) is 0 Å². The lowest BCUT2D eigenvalue weighted by atomic mass is 9.89. The molecular formula is C31H36FN5O3. The van der Waals surface area contributed by atoms with Gasteiger partial charge in [0.05, 0.1) is 18.8 Å². The number of nitrogens with one attached hydrogen (secondary N) is 2. The molecule has 0 unspecified atom stereocenters. The molecule has 2 N–H and O–H groups in total. The van der Waals surface area contributed by atoms with Crippen LogP contribution < -0.4 is 20.2 Å². The largest absolute Gasteiger partial charge is 0.489 e. The van der Waals surface area contributed by atoms with Crippen molar-refractivity contribution in [1.82, 2.24) is 14.6 Å². The molecule has 1 fully saturated rings. The Labute approximate surface area is 234 Å². The van der Waals surface area contributed by atoms with E-state index < -0.39 is 6.67 Å². The highest BCUT2D eigenvalue weighted by molar-refractivity contribution is 6.03. The van der Waals surface area contributed by atoms with Crippen LogP contribution in [-0.2, 0) is 0 Å². The van der Waals surface area contributed by atoms with Gasteiger partial charge in [0.25, 0.3) is 5.91 Å². The summed E-state index contributed by atoms with van der Waals surface area (Å²) in [6, 6.07) is 17.0. The summed E-state index contributed by atoms with van der Waals surface area (Å²) in [6.07, 6.45) is 6.06. The van der Waals surface area contributed by atoms with Crippen LogP contribution in [0.2, 0.25) is 0 Å². The molecule has 0 spiro atoms. The molecule has 3 heterocycles. The lowest BCUT2D eigenvalue weighted by Crippen LogP contribution is -2.32. The smallest absolute Gasteiger partial charge is 0.256 e. The van der Waals surface area contributed by atoms with Gasteiger partial charge in [-0.05, 0) is 74.3 Å². The number of hydrogen-bond acceptors (Lipinski definition) is 6. The number of pyridine rings is 1. The zero-order valence-electron chi connectivity index (χ0n) is 23.0. The van der Waals surface area contributed by atoms with Gasteiger partial charge in [0.1, 0.15) is 11.6 Å². The first-order valence-electron chi connectivity index (χ1n) is 13.9. The third kappa shape index (κ3) is 6.37. The second-order valence-electron chi connectivity index (χ2n) is 9.92. The van der Waals surface area contributed by atoms with Crippen LogP contribution in [0, 0.1) is 0 Å². The fourth-order valence-electron chi connectivity index (χ4n) is 5.11. The summed E-state index contributed by atoms with van der Waals surface area (Å²) in [5.74, 6) is 2.16. The van der Waals surface area contributed by atoms with Crippen molar-refractivity contribution in [3.05, 3.63) is 78.1 Å². The number of carbonyl (C=O) groups is 1. The highest BCUT2D eigenvalue weighted by Gasteiger charge is 2.20. The summed E-state index contributed by atoms with van der Waals surface area (Å²) in [5, 5.41) is 3.82. The second-order valence-corrected chi connectivity index (χ2v) is 9.92. The van der Waals surface area contributed by atoms with E-state index in [0.29, 0.717) is 34.5 Å².